The topological polar surface area (TPSA) is 26.0 Å². The molecule has 0 unspecified atom stereocenters. The number of nitrogens with two attached hydrogens (primary N) is 1. The molecule has 0 fully saturated rings. The van der Waals surface area contributed by atoms with Crippen LogP contribution in [0.3, 0.4) is 0 Å². The van der Waals surface area contributed by atoms with E-state index in [1.165, 1.54) is 6.08 Å². The van der Waals surface area contributed by atoms with E-state index in [-0.39, 0.29) is 0 Å². The molecule has 10 heavy (non-hydrogen) atoms. The summed E-state index contributed by atoms with van der Waals surface area (Å²) in [6.07, 6.45) is 3.05. The molecule has 0 bridgehead atoms. The predicted octanol–water partition coefficient (Wildman–Crippen LogP) is 2.72. The van der Waals surface area contributed by atoms with Crippen molar-refractivity contribution >= 4 is 23.2 Å². The van der Waals surface area contributed by atoms with E-state index in [4.69, 9.17) is 28.9 Å². The zero-order valence-corrected chi connectivity index (χ0v) is 7.21. The first kappa shape index (κ1) is 9.60. The van der Waals surface area contributed by atoms with Crippen molar-refractivity contribution in [3.8, 4) is 0 Å². The molecule has 0 aromatic heterocycles. The maximum absolute atomic E-state index is 5.63. The number of rotatable bonds is 2. The predicted molar refractivity (Wildman–Crippen MR) is 46.9 cm³/mol. The van der Waals surface area contributed by atoms with Gasteiger partial charge in [0.15, 0.2) is 0 Å². The summed E-state index contributed by atoms with van der Waals surface area (Å²) in [6.45, 7) is 5.15. The van der Waals surface area contributed by atoms with Crippen LogP contribution in [0.25, 0.3) is 0 Å². The van der Waals surface area contributed by atoms with Gasteiger partial charge in [0.05, 0.1) is 5.03 Å². The molecule has 56 valence electrons. The summed E-state index contributed by atoms with van der Waals surface area (Å²) in [5.41, 5.74) is 5.88. The second kappa shape index (κ2) is 4.42. The van der Waals surface area contributed by atoms with Gasteiger partial charge in [-0.05, 0) is 19.1 Å². The highest BCUT2D eigenvalue weighted by Crippen LogP contribution is 2.14. The summed E-state index contributed by atoms with van der Waals surface area (Å²) in [7, 11) is 0. The summed E-state index contributed by atoms with van der Waals surface area (Å²) in [6, 6.07) is 0. The third kappa shape index (κ3) is 3.59. The summed E-state index contributed by atoms with van der Waals surface area (Å²) in [4.78, 5) is 0. The highest BCUT2D eigenvalue weighted by Gasteiger charge is 1.91. The lowest BCUT2D eigenvalue weighted by Crippen LogP contribution is -1.91. The fourth-order valence-electron chi connectivity index (χ4n) is 0.305. The minimum absolute atomic E-state index is 0.444. The van der Waals surface area contributed by atoms with Crippen molar-refractivity contribution in [2.45, 2.75) is 6.92 Å². The van der Waals surface area contributed by atoms with Crippen LogP contribution in [-0.2, 0) is 0 Å². The second-order valence-corrected chi connectivity index (χ2v) is 2.70. The zero-order chi connectivity index (χ0) is 8.15. The third-order valence-electron chi connectivity index (χ3n) is 0.858. The average molecular weight is 178 g/mol. The van der Waals surface area contributed by atoms with E-state index in [1.54, 1.807) is 13.0 Å². The van der Waals surface area contributed by atoms with E-state index in [0.717, 1.165) is 0 Å². The van der Waals surface area contributed by atoms with Gasteiger partial charge in [-0.1, -0.05) is 29.8 Å². The molecular weight excluding hydrogens is 169 g/mol. The SMILES string of the molecule is C=C/C(N)=C\C(Cl)=C(/C)Cl. The first-order valence-electron chi connectivity index (χ1n) is 2.69. The molecule has 0 aromatic carbocycles. The Morgan fingerprint density at radius 2 is 2.00 bits per heavy atom. The van der Waals surface area contributed by atoms with Crippen molar-refractivity contribution in [3.05, 3.63) is 34.5 Å². The third-order valence-corrected chi connectivity index (χ3v) is 1.55. The molecule has 0 heterocycles. The molecule has 0 spiro atoms. The Morgan fingerprint density at radius 3 is 2.30 bits per heavy atom. The van der Waals surface area contributed by atoms with Crippen LogP contribution >= 0.6 is 23.2 Å². The van der Waals surface area contributed by atoms with E-state index < -0.39 is 0 Å². The van der Waals surface area contributed by atoms with Crippen molar-refractivity contribution < 1.29 is 0 Å². The molecule has 0 saturated carbocycles. The molecular formula is C7H9Cl2N. The number of hydrogen-bond acceptors (Lipinski definition) is 1. The van der Waals surface area contributed by atoms with Crippen LogP contribution in [0.15, 0.2) is 34.5 Å². The molecule has 0 rings (SSSR count). The summed E-state index contributed by atoms with van der Waals surface area (Å²) in [5.74, 6) is 0. The fourth-order valence-corrected chi connectivity index (χ4v) is 0.485. The zero-order valence-electron chi connectivity index (χ0n) is 5.70. The smallest absolute Gasteiger partial charge is 0.0568 e. The van der Waals surface area contributed by atoms with Crippen molar-refractivity contribution in [2.24, 2.45) is 5.73 Å². The van der Waals surface area contributed by atoms with Gasteiger partial charge < -0.3 is 5.73 Å². The van der Waals surface area contributed by atoms with Crippen LogP contribution in [0.1, 0.15) is 6.92 Å². The monoisotopic (exact) mass is 177 g/mol. The second-order valence-electron chi connectivity index (χ2n) is 1.73. The minimum Gasteiger partial charge on any atom is -0.399 e. The Hall–Kier alpha value is -0.400. The molecule has 0 aliphatic heterocycles. The lowest BCUT2D eigenvalue weighted by molar-refractivity contribution is 1.42. The van der Waals surface area contributed by atoms with E-state index in [9.17, 15) is 0 Å². The minimum atomic E-state index is 0.444. The van der Waals surface area contributed by atoms with Crippen molar-refractivity contribution in [2.75, 3.05) is 0 Å². The van der Waals surface area contributed by atoms with Crippen LogP contribution in [0.2, 0.25) is 0 Å². The summed E-state index contributed by atoms with van der Waals surface area (Å²) in [5, 5.41) is 0.963. The fraction of sp³-hybridized carbons (Fsp3) is 0.143. The quantitative estimate of drug-likeness (QED) is 0.646. The van der Waals surface area contributed by atoms with Gasteiger partial charge in [-0.25, -0.2) is 0 Å². The normalized spacial score (nSPS) is 14.5. The Kier molecular flexibility index (Phi) is 4.24. The van der Waals surface area contributed by atoms with E-state index >= 15 is 0 Å². The Balaban J connectivity index is 4.42. The van der Waals surface area contributed by atoms with E-state index in [0.29, 0.717) is 15.8 Å². The lowest BCUT2D eigenvalue weighted by Gasteiger charge is -1.92. The van der Waals surface area contributed by atoms with E-state index in [2.05, 4.69) is 6.58 Å². The molecule has 3 heteroatoms. The maximum Gasteiger partial charge on any atom is 0.0568 e. The highest BCUT2D eigenvalue weighted by molar-refractivity contribution is 6.40. The van der Waals surface area contributed by atoms with Crippen LogP contribution in [-0.4, -0.2) is 0 Å². The molecule has 0 saturated heterocycles. The highest BCUT2D eigenvalue weighted by atomic mass is 35.5. The van der Waals surface area contributed by atoms with Gasteiger partial charge >= 0.3 is 0 Å². The van der Waals surface area contributed by atoms with Crippen LogP contribution in [0.5, 0.6) is 0 Å². The molecule has 0 amide bonds. The molecule has 0 radical (unpaired) electrons. The summed E-state index contributed by atoms with van der Waals surface area (Å²) >= 11 is 11.2. The van der Waals surface area contributed by atoms with Crippen LogP contribution in [0, 0.1) is 0 Å². The standard InChI is InChI=1S/C7H9Cl2N/c1-3-6(10)4-7(9)5(2)8/h3-4H,1,10H2,2H3/b6-4+,7-5-. The van der Waals surface area contributed by atoms with Gasteiger partial charge in [0, 0.05) is 10.7 Å². The summed E-state index contributed by atoms with van der Waals surface area (Å²) < 4.78 is 0. The molecule has 0 aromatic rings. The van der Waals surface area contributed by atoms with Crippen LogP contribution < -0.4 is 5.73 Å². The van der Waals surface area contributed by atoms with Gasteiger partial charge in [0.1, 0.15) is 0 Å². The number of halogens is 2. The van der Waals surface area contributed by atoms with Gasteiger partial charge in [-0.3, -0.25) is 0 Å². The first-order chi connectivity index (χ1) is 4.57. The Morgan fingerprint density at radius 1 is 1.50 bits per heavy atom. The van der Waals surface area contributed by atoms with Gasteiger partial charge in [-0.15, -0.1) is 0 Å². The van der Waals surface area contributed by atoms with Crippen LogP contribution in [0.4, 0.5) is 0 Å². The Bertz CT molecular complexity index is 188. The molecule has 0 aliphatic rings. The van der Waals surface area contributed by atoms with Gasteiger partial charge in [0.2, 0.25) is 0 Å². The largest absolute Gasteiger partial charge is 0.399 e. The van der Waals surface area contributed by atoms with E-state index in [1.807, 2.05) is 0 Å². The maximum atomic E-state index is 5.63. The number of allylic oxidation sites excluding steroid dienone is 4. The molecule has 0 atom stereocenters. The van der Waals surface area contributed by atoms with Crippen molar-refractivity contribution in [1.82, 2.24) is 0 Å². The molecule has 2 N–H and O–H groups in total. The Labute approximate surface area is 70.8 Å². The van der Waals surface area contributed by atoms with Gasteiger partial charge in [-0.2, -0.15) is 0 Å². The van der Waals surface area contributed by atoms with Gasteiger partial charge in [0.25, 0.3) is 0 Å². The average Bonchev–Trinajstić information content (AvgIpc) is 1.87. The first-order valence-corrected chi connectivity index (χ1v) is 3.45. The van der Waals surface area contributed by atoms with Crippen molar-refractivity contribution in [3.63, 3.8) is 0 Å². The molecule has 1 nitrogen and oxygen atoms in total. The van der Waals surface area contributed by atoms with Crippen molar-refractivity contribution in [1.29, 1.82) is 0 Å². The molecule has 0 aliphatic carbocycles. The lowest BCUT2D eigenvalue weighted by atomic mass is 10.4. The number of hydrogen-bond donors (Lipinski definition) is 1.